The van der Waals surface area contributed by atoms with Gasteiger partial charge in [-0.25, -0.2) is 9.37 Å². The number of nitrogen functional groups attached to an aromatic ring is 1. The number of rotatable bonds is 4. The van der Waals surface area contributed by atoms with Gasteiger partial charge in [0.25, 0.3) is 0 Å². The Labute approximate surface area is 174 Å². The maximum Gasteiger partial charge on any atom is 0.166 e. The molecule has 3 heterocycles. The molecule has 8 nitrogen and oxygen atoms in total. The van der Waals surface area contributed by atoms with E-state index in [4.69, 9.17) is 21.3 Å². The molecule has 0 fully saturated rings. The predicted molar refractivity (Wildman–Crippen MR) is 116 cm³/mol. The minimum Gasteiger partial charge on any atom is -0.482 e. The summed E-state index contributed by atoms with van der Waals surface area (Å²) in [6.07, 6.45) is 6.04. The molecule has 2 aromatic heterocycles. The average molecular weight is 409 g/mol. The molecule has 1 unspecified atom stereocenters. The van der Waals surface area contributed by atoms with Gasteiger partial charge in [0.2, 0.25) is 0 Å². The Bertz CT molecular complexity index is 1030. The molecule has 1 aliphatic rings. The van der Waals surface area contributed by atoms with E-state index in [1.54, 1.807) is 19.2 Å². The van der Waals surface area contributed by atoms with Crippen LogP contribution in [0.2, 0.25) is 0 Å². The second-order valence-electron chi connectivity index (χ2n) is 6.63. The van der Waals surface area contributed by atoms with Crippen LogP contribution in [0.3, 0.4) is 0 Å². The number of hydrogen-bond donors (Lipinski definition) is 5. The summed E-state index contributed by atoms with van der Waals surface area (Å²) >= 11 is 0. The van der Waals surface area contributed by atoms with Crippen molar-refractivity contribution >= 4 is 29.6 Å². The van der Waals surface area contributed by atoms with Crippen molar-refractivity contribution in [1.82, 2.24) is 20.6 Å². The highest BCUT2D eigenvalue weighted by atomic mass is 19.1. The summed E-state index contributed by atoms with van der Waals surface area (Å²) in [5.41, 5.74) is 9.57. The molecule has 9 heteroatoms. The van der Waals surface area contributed by atoms with Gasteiger partial charge in [0.1, 0.15) is 11.9 Å². The molecule has 0 saturated heterocycles. The Morgan fingerprint density at radius 2 is 2.13 bits per heavy atom. The van der Waals surface area contributed by atoms with Gasteiger partial charge in [0.05, 0.1) is 17.6 Å². The number of anilines is 1. The van der Waals surface area contributed by atoms with Crippen LogP contribution in [-0.4, -0.2) is 35.5 Å². The van der Waals surface area contributed by atoms with Crippen LogP contribution in [-0.2, 0) is 0 Å². The molecule has 2 aromatic rings. The lowest BCUT2D eigenvalue weighted by Crippen LogP contribution is -2.24. The first-order valence-corrected chi connectivity index (χ1v) is 9.48. The molecule has 2 bridgehead atoms. The largest absolute Gasteiger partial charge is 0.482 e. The fourth-order valence-corrected chi connectivity index (χ4v) is 3.21. The van der Waals surface area contributed by atoms with Crippen LogP contribution in [0.1, 0.15) is 36.8 Å². The Morgan fingerprint density at radius 3 is 2.83 bits per heavy atom. The molecule has 156 valence electrons. The van der Waals surface area contributed by atoms with Crippen LogP contribution in [0.25, 0.3) is 11.4 Å². The monoisotopic (exact) mass is 409 g/mol. The molecule has 3 rings (SSSR count). The quantitative estimate of drug-likeness (QED) is 0.493. The molecule has 1 atom stereocenters. The third-order valence-corrected chi connectivity index (χ3v) is 4.62. The van der Waals surface area contributed by atoms with Gasteiger partial charge in [-0.3, -0.25) is 4.98 Å². The Hall–Kier alpha value is -3.75. The molecule has 0 saturated carbocycles. The van der Waals surface area contributed by atoms with Crippen molar-refractivity contribution in [2.45, 2.75) is 20.0 Å². The number of allylic oxidation sites excluding steroid dienone is 1. The van der Waals surface area contributed by atoms with E-state index in [2.05, 4.69) is 20.6 Å². The topological polar surface area (TPSA) is 133 Å². The van der Waals surface area contributed by atoms with Crippen LogP contribution >= 0.6 is 0 Å². The van der Waals surface area contributed by atoms with Crippen LogP contribution < -0.4 is 21.1 Å². The van der Waals surface area contributed by atoms with Crippen molar-refractivity contribution in [2.75, 3.05) is 18.8 Å². The summed E-state index contributed by atoms with van der Waals surface area (Å²) in [7, 11) is 0. The van der Waals surface area contributed by atoms with Crippen molar-refractivity contribution in [3.05, 3.63) is 58.8 Å². The number of fused-ring (bicyclic) bond motifs is 3. The smallest absolute Gasteiger partial charge is 0.166 e. The first-order chi connectivity index (χ1) is 14.5. The van der Waals surface area contributed by atoms with Crippen molar-refractivity contribution in [3.8, 4) is 5.75 Å². The van der Waals surface area contributed by atoms with E-state index in [1.165, 1.54) is 18.4 Å². The number of pyridine rings is 2. The van der Waals surface area contributed by atoms with Gasteiger partial charge in [-0.05, 0) is 32.1 Å². The highest BCUT2D eigenvalue weighted by molar-refractivity contribution is 5.90. The molecule has 0 radical (unpaired) electrons. The summed E-state index contributed by atoms with van der Waals surface area (Å²) in [5, 5.41) is 21.9. The SMILES string of the molecule is CCN/C1=C(\C=N)CN/C(=C\C=N)c2ncc(F)cc2C(C)Oc2cc1cnc2N. The Morgan fingerprint density at radius 1 is 1.33 bits per heavy atom. The third kappa shape index (κ3) is 4.29. The summed E-state index contributed by atoms with van der Waals surface area (Å²) in [5.74, 6) is 0.0510. The van der Waals surface area contributed by atoms with E-state index in [0.717, 1.165) is 12.4 Å². The van der Waals surface area contributed by atoms with E-state index in [9.17, 15) is 4.39 Å². The minimum absolute atomic E-state index is 0.203. The lowest BCUT2D eigenvalue weighted by molar-refractivity contribution is 0.226. The molecule has 0 aromatic carbocycles. The minimum atomic E-state index is -0.591. The van der Waals surface area contributed by atoms with Gasteiger partial charge in [0.15, 0.2) is 11.6 Å². The second-order valence-corrected chi connectivity index (χ2v) is 6.63. The van der Waals surface area contributed by atoms with Crippen molar-refractivity contribution < 1.29 is 9.13 Å². The highest BCUT2D eigenvalue weighted by Gasteiger charge is 2.21. The van der Waals surface area contributed by atoms with Gasteiger partial charge in [-0.1, -0.05) is 0 Å². The first kappa shape index (κ1) is 21.0. The fourth-order valence-electron chi connectivity index (χ4n) is 3.21. The second kappa shape index (κ2) is 9.17. The van der Waals surface area contributed by atoms with Gasteiger partial charge in [-0.2, -0.15) is 0 Å². The number of ether oxygens (including phenoxy) is 1. The average Bonchev–Trinajstić information content (AvgIpc) is 2.73. The summed E-state index contributed by atoms with van der Waals surface area (Å²) in [4.78, 5) is 8.47. The van der Waals surface area contributed by atoms with E-state index in [-0.39, 0.29) is 12.4 Å². The van der Waals surface area contributed by atoms with E-state index >= 15 is 0 Å². The fraction of sp³-hybridized carbons (Fsp3) is 0.238. The van der Waals surface area contributed by atoms with Gasteiger partial charge >= 0.3 is 0 Å². The lowest BCUT2D eigenvalue weighted by atomic mass is 10.0. The van der Waals surface area contributed by atoms with E-state index in [0.29, 0.717) is 46.1 Å². The number of nitrogens with two attached hydrogens (primary N) is 1. The zero-order valence-corrected chi connectivity index (χ0v) is 16.8. The zero-order valence-electron chi connectivity index (χ0n) is 16.8. The maximum absolute atomic E-state index is 14.0. The molecule has 0 amide bonds. The van der Waals surface area contributed by atoms with Crippen molar-refractivity contribution in [2.24, 2.45) is 0 Å². The van der Waals surface area contributed by atoms with Crippen LogP contribution in [0, 0.1) is 16.6 Å². The summed E-state index contributed by atoms with van der Waals surface area (Å²) < 4.78 is 20.1. The highest BCUT2D eigenvalue weighted by Crippen LogP contribution is 2.32. The van der Waals surface area contributed by atoms with Crippen molar-refractivity contribution in [3.63, 3.8) is 0 Å². The Kier molecular flexibility index (Phi) is 6.41. The van der Waals surface area contributed by atoms with Gasteiger partial charge in [0, 0.05) is 54.1 Å². The molecule has 1 aliphatic heterocycles. The number of halogens is 1. The number of hydrogen-bond acceptors (Lipinski definition) is 8. The normalized spacial score (nSPS) is 20.1. The van der Waals surface area contributed by atoms with Gasteiger partial charge in [-0.15, -0.1) is 0 Å². The number of nitrogens with zero attached hydrogens (tertiary/aromatic N) is 2. The molecular weight excluding hydrogens is 385 g/mol. The molecule has 0 spiro atoms. The van der Waals surface area contributed by atoms with Gasteiger partial charge < -0.3 is 31.9 Å². The van der Waals surface area contributed by atoms with Crippen LogP contribution in [0.15, 0.2) is 36.2 Å². The standard InChI is InChI=1S/C21H24FN7O/c1-3-26-19-13-6-18(21(25)29-9-13)30-12(2)16-7-15(22)11-28-20(16)17(4-5-23)27-10-14(19)8-24/h4-9,11-12,23-24,26-27H,3,10H2,1-2H3,(H2,25,29)/b17-4-,19-14+,23-5?,24-8?. The third-order valence-electron chi connectivity index (χ3n) is 4.62. The Balaban J connectivity index is 2.25. The van der Waals surface area contributed by atoms with Crippen molar-refractivity contribution in [1.29, 1.82) is 10.8 Å². The van der Waals surface area contributed by atoms with Crippen LogP contribution in [0.5, 0.6) is 5.75 Å². The number of nitrogens with one attached hydrogen (secondary N) is 4. The summed E-state index contributed by atoms with van der Waals surface area (Å²) in [6, 6.07) is 3.10. The molecule has 0 aliphatic carbocycles. The lowest BCUT2D eigenvalue weighted by Gasteiger charge is -2.23. The van der Waals surface area contributed by atoms with E-state index in [1.807, 2.05) is 6.92 Å². The molecular formula is C21H24FN7O. The predicted octanol–water partition coefficient (Wildman–Crippen LogP) is 2.90. The van der Waals surface area contributed by atoms with Crippen LogP contribution in [0.4, 0.5) is 10.2 Å². The van der Waals surface area contributed by atoms with E-state index < -0.39 is 11.9 Å². The maximum atomic E-state index is 14.0. The summed E-state index contributed by atoms with van der Waals surface area (Å²) in [6.45, 7) is 4.64. The number of aromatic nitrogens is 2. The molecule has 6 N–H and O–H groups in total. The zero-order chi connectivity index (χ0) is 21.7. The molecule has 30 heavy (non-hydrogen) atoms. The first-order valence-electron chi connectivity index (χ1n) is 9.48.